The number of carbonyl (C=O) groups excluding carboxylic acids is 2. The van der Waals surface area contributed by atoms with Crippen LogP contribution in [0.5, 0.6) is 5.75 Å². The summed E-state index contributed by atoms with van der Waals surface area (Å²) in [7, 11) is 1.62. The number of nitrogens with zero attached hydrogens (tertiary/aromatic N) is 2. The molecule has 2 rings (SSSR count). The third-order valence-corrected chi connectivity index (χ3v) is 4.36. The van der Waals surface area contributed by atoms with Crippen molar-refractivity contribution in [2.75, 3.05) is 33.3 Å². The highest BCUT2D eigenvalue weighted by Gasteiger charge is 2.35. The molecular weight excluding hydrogens is 280 g/mol. The number of carbonyl (C=O) groups is 2. The topological polar surface area (TPSA) is 49.9 Å². The van der Waals surface area contributed by atoms with E-state index in [0.717, 1.165) is 11.3 Å². The summed E-state index contributed by atoms with van der Waals surface area (Å²) in [6, 6.07) is 7.61. The lowest BCUT2D eigenvalue weighted by Crippen LogP contribution is -2.54. The minimum absolute atomic E-state index is 0.0708. The number of rotatable bonds is 3. The van der Waals surface area contributed by atoms with Gasteiger partial charge in [-0.25, -0.2) is 0 Å². The molecule has 1 aliphatic heterocycles. The first-order chi connectivity index (χ1) is 10.4. The smallest absolute Gasteiger partial charge is 0.232 e. The van der Waals surface area contributed by atoms with Gasteiger partial charge in [0.05, 0.1) is 12.5 Å². The Morgan fingerprint density at radius 2 is 1.50 bits per heavy atom. The lowest BCUT2D eigenvalue weighted by Gasteiger charge is -2.38. The molecule has 1 aromatic carbocycles. The molecular formula is C17H24N2O3. The van der Waals surface area contributed by atoms with Crippen LogP contribution in [-0.4, -0.2) is 54.9 Å². The molecule has 0 aromatic heterocycles. The van der Waals surface area contributed by atoms with Crippen LogP contribution in [0.4, 0.5) is 0 Å². The van der Waals surface area contributed by atoms with Crippen LogP contribution in [0, 0.1) is 0 Å². The van der Waals surface area contributed by atoms with Crippen molar-refractivity contribution in [1.82, 2.24) is 9.80 Å². The highest BCUT2D eigenvalue weighted by Crippen LogP contribution is 2.28. The van der Waals surface area contributed by atoms with Crippen molar-refractivity contribution in [3.8, 4) is 5.75 Å². The van der Waals surface area contributed by atoms with Gasteiger partial charge in [-0.2, -0.15) is 0 Å². The fourth-order valence-corrected chi connectivity index (χ4v) is 2.75. The minimum Gasteiger partial charge on any atom is -0.497 e. The van der Waals surface area contributed by atoms with E-state index in [4.69, 9.17) is 4.74 Å². The van der Waals surface area contributed by atoms with Crippen LogP contribution in [0.15, 0.2) is 24.3 Å². The molecule has 1 aromatic rings. The fraction of sp³-hybridized carbons (Fsp3) is 0.529. The van der Waals surface area contributed by atoms with Crippen molar-refractivity contribution >= 4 is 11.8 Å². The van der Waals surface area contributed by atoms with Gasteiger partial charge in [-0.1, -0.05) is 12.1 Å². The van der Waals surface area contributed by atoms with Gasteiger partial charge in [0.15, 0.2) is 0 Å². The van der Waals surface area contributed by atoms with Crippen LogP contribution in [0.3, 0.4) is 0 Å². The summed E-state index contributed by atoms with van der Waals surface area (Å²) in [5.41, 5.74) is 0.372. The molecule has 0 N–H and O–H groups in total. The first-order valence-corrected chi connectivity index (χ1v) is 7.55. The Balaban J connectivity index is 2.08. The maximum absolute atomic E-state index is 12.8. The van der Waals surface area contributed by atoms with E-state index in [1.54, 1.807) is 18.9 Å². The fourth-order valence-electron chi connectivity index (χ4n) is 2.75. The number of hydrogen-bond acceptors (Lipinski definition) is 3. The van der Waals surface area contributed by atoms with Crippen molar-refractivity contribution in [2.45, 2.75) is 26.2 Å². The number of methoxy groups -OCH3 is 1. The molecule has 5 heteroatoms. The monoisotopic (exact) mass is 304 g/mol. The van der Waals surface area contributed by atoms with Crippen molar-refractivity contribution in [3.63, 3.8) is 0 Å². The Morgan fingerprint density at radius 3 is 1.95 bits per heavy atom. The Bertz CT molecular complexity index is 544. The first-order valence-electron chi connectivity index (χ1n) is 7.55. The molecule has 0 unspecified atom stereocenters. The Labute approximate surface area is 131 Å². The van der Waals surface area contributed by atoms with Crippen LogP contribution in [0.1, 0.15) is 26.3 Å². The summed E-state index contributed by atoms with van der Waals surface area (Å²) in [5, 5.41) is 0. The highest BCUT2D eigenvalue weighted by atomic mass is 16.5. The average molecular weight is 304 g/mol. The van der Waals surface area contributed by atoms with E-state index in [-0.39, 0.29) is 11.8 Å². The van der Waals surface area contributed by atoms with Crippen molar-refractivity contribution in [1.29, 1.82) is 0 Å². The molecule has 0 bridgehead atoms. The summed E-state index contributed by atoms with van der Waals surface area (Å²) < 4.78 is 5.16. The molecule has 120 valence electrons. The van der Waals surface area contributed by atoms with Gasteiger partial charge >= 0.3 is 0 Å². The SMILES string of the molecule is COc1ccc(C(C)(C)C(=O)N2CCN(C(C)=O)CC2)cc1. The molecule has 22 heavy (non-hydrogen) atoms. The molecule has 0 radical (unpaired) electrons. The van der Waals surface area contributed by atoms with Crippen LogP contribution >= 0.6 is 0 Å². The normalized spacial score (nSPS) is 15.6. The van der Waals surface area contributed by atoms with Crippen LogP contribution in [0.2, 0.25) is 0 Å². The Kier molecular flexibility index (Phi) is 4.74. The lowest BCUT2D eigenvalue weighted by molar-refractivity contribution is -0.141. The number of ether oxygens (including phenoxy) is 1. The Hall–Kier alpha value is -2.04. The second-order valence-electron chi connectivity index (χ2n) is 6.15. The van der Waals surface area contributed by atoms with Gasteiger partial charge in [0, 0.05) is 33.1 Å². The van der Waals surface area contributed by atoms with E-state index in [1.807, 2.05) is 43.0 Å². The third-order valence-electron chi connectivity index (χ3n) is 4.36. The van der Waals surface area contributed by atoms with E-state index in [0.29, 0.717) is 26.2 Å². The predicted octanol–water partition coefficient (Wildman–Crippen LogP) is 1.66. The quantitative estimate of drug-likeness (QED) is 0.853. The van der Waals surface area contributed by atoms with Gasteiger partial charge in [-0.15, -0.1) is 0 Å². The summed E-state index contributed by atoms with van der Waals surface area (Å²) in [6.07, 6.45) is 0. The molecule has 0 spiro atoms. The number of hydrogen-bond donors (Lipinski definition) is 0. The van der Waals surface area contributed by atoms with E-state index >= 15 is 0 Å². The van der Waals surface area contributed by atoms with Crippen LogP contribution in [0.25, 0.3) is 0 Å². The maximum Gasteiger partial charge on any atom is 0.232 e. The largest absolute Gasteiger partial charge is 0.497 e. The number of amides is 2. The molecule has 0 saturated carbocycles. The summed E-state index contributed by atoms with van der Waals surface area (Å²) in [4.78, 5) is 27.8. The van der Waals surface area contributed by atoms with Crippen LogP contribution < -0.4 is 4.74 Å². The molecule has 1 heterocycles. The molecule has 2 amide bonds. The third kappa shape index (κ3) is 3.24. The molecule has 1 saturated heterocycles. The first kappa shape index (κ1) is 16.3. The molecule has 5 nitrogen and oxygen atoms in total. The molecule has 0 atom stereocenters. The van der Waals surface area contributed by atoms with E-state index in [2.05, 4.69) is 0 Å². The zero-order valence-corrected chi connectivity index (χ0v) is 13.8. The zero-order chi connectivity index (χ0) is 16.3. The van der Waals surface area contributed by atoms with Gasteiger partial charge < -0.3 is 14.5 Å². The van der Waals surface area contributed by atoms with E-state index in [9.17, 15) is 9.59 Å². The van der Waals surface area contributed by atoms with Gasteiger partial charge in [0.1, 0.15) is 5.75 Å². The van der Waals surface area contributed by atoms with Gasteiger partial charge in [-0.3, -0.25) is 9.59 Å². The number of piperazine rings is 1. The predicted molar refractivity (Wildman–Crippen MR) is 84.9 cm³/mol. The molecule has 1 fully saturated rings. The van der Waals surface area contributed by atoms with Crippen LogP contribution in [-0.2, 0) is 15.0 Å². The van der Waals surface area contributed by atoms with Crippen molar-refractivity contribution in [3.05, 3.63) is 29.8 Å². The second-order valence-corrected chi connectivity index (χ2v) is 6.15. The second kappa shape index (κ2) is 6.38. The summed E-state index contributed by atoms with van der Waals surface area (Å²) >= 11 is 0. The summed E-state index contributed by atoms with van der Waals surface area (Å²) in [6.45, 7) is 7.86. The number of benzene rings is 1. The lowest BCUT2D eigenvalue weighted by atomic mass is 9.83. The highest BCUT2D eigenvalue weighted by molar-refractivity contribution is 5.87. The Morgan fingerprint density at radius 1 is 1.00 bits per heavy atom. The maximum atomic E-state index is 12.8. The standard InChI is InChI=1S/C17H24N2O3/c1-13(20)18-9-11-19(12-10-18)16(21)17(2,3)14-5-7-15(22-4)8-6-14/h5-8H,9-12H2,1-4H3. The van der Waals surface area contributed by atoms with E-state index < -0.39 is 5.41 Å². The van der Waals surface area contributed by atoms with Gasteiger partial charge in [-0.05, 0) is 31.5 Å². The van der Waals surface area contributed by atoms with Gasteiger partial charge in [0.2, 0.25) is 11.8 Å². The van der Waals surface area contributed by atoms with Crippen molar-refractivity contribution in [2.24, 2.45) is 0 Å². The summed E-state index contributed by atoms with van der Waals surface area (Å²) in [5.74, 6) is 0.949. The average Bonchev–Trinajstić information content (AvgIpc) is 2.54. The zero-order valence-electron chi connectivity index (χ0n) is 13.8. The molecule has 0 aliphatic carbocycles. The van der Waals surface area contributed by atoms with Gasteiger partial charge in [0.25, 0.3) is 0 Å². The minimum atomic E-state index is -0.593. The van der Waals surface area contributed by atoms with Crippen molar-refractivity contribution < 1.29 is 14.3 Å². The van der Waals surface area contributed by atoms with E-state index in [1.165, 1.54) is 0 Å². The molecule has 1 aliphatic rings.